The van der Waals surface area contributed by atoms with Crippen molar-refractivity contribution in [1.29, 1.82) is 0 Å². The molecule has 2 rings (SSSR count). The molecule has 4 nitrogen and oxygen atoms in total. The van der Waals surface area contributed by atoms with Crippen LogP contribution < -0.4 is 5.32 Å². The van der Waals surface area contributed by atoms with Crippen molar-refractivity contribution >= 4 is 16.8 Å². The molecule has 1 atom stereocenters. The van der Waals surface area contributed by atoms with Crippen LogP contribution in [0.3, 0.4) is 0 Å². The number of fused-ring (bicyclic) bond motifs is 1. The van der Waals surface area contributed by atoms with E-state index in [1.165, 1.54) is 0 Å². The van der Waals surface area contributed by atoms with Gasteiger partial charge in [0.05, 0.1) is 11.7 Å². The molecule has 1 amide bonds. The van der Waals surface area contributed by atoms with Gasteiger partial charge in [-0.15, -0.1) is 0 Å². The van der Waals surface area contributed by atoms with Crippen molar-refractivity contribution in [2.75, 3.05) is 6.54 Å². The molecule has 0 aliphatic heterocycles. The van der Waals surface area contributed by atoms with E-state index in [-0.39, 0.29) is 12.5 Å². The van der Waals surface area contributed by atoms with Gasteiger partial charge in [-0.2, -0.15) is 0 Å². The van der Waals surface area contributed by atoms with E-state index in [0.29, 0.717) is 17.9 Å². The minimum Gasteiger partial charge on any atom is -0.391 e. The van der Waals surface area contributed by atoms with Crippen LogP contribution in [0.4, 0.5) is 0 Å². The van der Waals surface area contributed by atoms with E-state index in [4.69, 9.17) is 0 Å². The summed E-state index contributed by atoms with van der Waals surface area (Å²) in [5.74, 6) is 0.277. The first-order valence-corrected chi connectivity index (χ1v) is 7.02. The van der Waals surface area contributed by atoms with Gasteiger partial charge in [0, 0.05) is 23.1 Å². The number of para-hydroxylation sites is 1. The molecular formula is C16H22N2O2. The maximum Gasteiger partial charge on any atom is 0.253 e. The molecule has 0 aliphatic carbocycles. The van der Waals surface area contributed by atoms with Crippen molar-refractivity contribution in [3.05, 3.63) is 35.5 Å². The van der Waals surface area contributed by atoms with Gasteiger partial charge in [-0.25, -0.2) is 0 Å². The zero-order chi connectivity index (χ0) is 14.7. The van der Waals surface area contributed by atoms with Gasteiger partial charge in [0.15, 0.2) is 0 Å². The number of aliphatic hydroxyl groups excluding tert-OH is 1. The number of carbonyl (C=O) groups excluding carboxylic acids is 1. The van der Waals surface area contributed by atoms with Crippen LogP contribution in [0.15, 0.2) is 24.3 Å². The number of carbonyl (C=O) groups is 1. The monoisotopic (exact) mass is 274 g/mol. The Hall–Kier alpha value is -1.81. The topological polar surface area (TPSA) is 65.1 Å². The van der Waals surface area contributed by atoms with E-state index >= 15 is 0 Å². The summed E-state index contributed by atoms with van der Waals surface area (Å²) in [5.41, 5.74) is 2.47. The third-order valence-corrected chi connectivity index (χ3v) is 3.36. The normalized spacial score (nSPS) is 12.8. The van der Waals surface area contributed by atoms with Crippen LogP contribution in [0.25, 0.3) is 10.9 Å². The second-order valence-electron chi connectivity index (χ2n) is 5.66. The standard InChI is InChI=1S/C16H22N2O2/c1-10(2)8-12(19)9-17-16(20)15-11(3)18-14-7-5-4-6-13(14)15/h4-7,10,12,18-19H,8-9H2,1-3H3,(H,17,20). The Morgan fingerprint density at radius 3 is 2.75 bits per heavy atom. The lowest BCUT2D eigenvalue weighted by Gasteiger charge is -2.13. The Bertz CT molecular complexity index is 602. The lowest BCUT2D eigenvalue weighted by molar-refractivity contribution is 0.0901. The van der Waals surface area contributed by atoms with Crippen molar-refractivity contribution in [3.8, 4) is 0 Å². The predicted octanol–water partition coefficient (Wildman–Crippen LogP) is 2.61. The van der Waals surface area contributed by atoms with Crippen LogP contribution in [-0.4, -0.2) is 28.6 Å². The second kappa shape index (κ2) is 6.09. The Morgan fingerprint density at radius 1 is 1.35 bits per heavy atom. The molecule has 1 unspecified atom stereocenters. The molecule has 108 valence electrons. The van der Waals surface area contributed by atoms with E-state index in [9.17, 15) is 9.90 Å². The number of hydrogen-bond donors (Lipinski definition) is 3. The molecule has 1 aromatic heterocycles. The van der Waals surface area contributed by atoms with E-state index in [1.807, 2.05) is 31.2 Å². The second-order valence-corrected chi connectivity index (χ2v) is 5.66. The first-order chi connectivity index (χ1) is 9.49. The van der Waals surface area contributed by atoms with E-state index in [2.05, 4.69) is 24.1 Å². The highest BCUT2D eigenvalue weighted by molar-refractivity contribution is 6.08. The van der Waals surface area contributed by atoms with Crippen molar-refractivity contribution < 1.29 is 9.90 Å². The molecule has 0 bridgehead atoms. The van der Waals surface area contributed by atoms with Crippen molar-refractivity contribution in [1.82, 2.24) is 10.3 Å². The summed E-state index contributed by atoms with van der Waals surface area (Å²) in [6.45, 7) is 6.28. The maximum absolute atomic E-state index is 12.3. The molecule has 0 fully saturated rings. The number of aromatic nitrogens is 1. The molecule has 0 spiro atoms. The SMILES string of the molecule is Cc1[nH]c2ccccc2c1C(=O)NCC(O)CC(C)C. The molecular weight excluding hydrogens is 252 g/mol. The van der Waals surface area contributed by atoms with Gasteiger partial charge in [0.1, 0.15) is 0 Å². The quantitative estimate of drug-likeness (QED) is 0.784. The lowest BCUT2D eigenvalue weighted by Crippen LogP contribution is -2.33. The molecule has 0 saturated carbocycles. The minimum atomic E-state index is -0.496. The van der Waals surface area contributed by atoms with Gasteiger partial charge >= 0.3 is 0 Å². The number of hydrogen-bond acceptors (Lipinski definition) is 2. The summed E-state index contributed by atoms with van der Waals surface area (Å²) >= 11 is 0. The van der Waals surface area contributed by atoms with Gasteiger partial charge in [0.25, 0.3) is 5.91 Å². The number of aliphatic hydroxyl groups is 1. The van der Waals surface area contributed by atoms with Crippen LogP contribution in [-0.2, 0) is 0 Å². The summed E-state index contributed by atoms with van der Waals surface area (Å²) in [6, 6.07) is 7.73. The van der Waals surface area contributed by atoms with Crippen LogP contribution in [0, 0.1) is 12.8 Å². The maximum atomic E-state index is 12.3. The van der Waals surface area contributed by atoms with Crippen molar-refractivity contribution in [2.45, 2.75) is 33.3 Å². The summed E-state index contributed by atoms with van der Waals surface area (Å²) < 4.78 is 0. The zero-order valence-electron chi connectivity index (χ0n) is 12.2. The molecule has 0 aliphatic rings. The van der Waals surface area contributed by atoms with E-state index in [0.717, 1.165) is 16.6 Å². The first kappa shape index (κ1) is 14.6. The first-order valence-electron chi connectivity index (χ1n) is 7.02. The van der Waals surface area contributed by atoms with Gasteiger partial charge in [-0.3, -0.25) is 4.79 Å². The van der Waals surface area contributed by atoms with Crippen molar-refractivity contribution in [3.63, 3.8) is 0 Å². The van der Waals surface area contributed by atoms with Gasteiger partial charge < -0.3 is 15.4 Å². The molecule has 4 heteroatoms. The Balaban J connectivity index is 2.10. The number of rotatable bonds is 5. The Labute approximate surface area is 119 Å². The summed E-state index contributed by atoms with van der Waals surface area (Å²) in [4.78, 5) is 15.5. The molecule has 1 heterocycles. The molecule has 3 N–H and O–H groups in total. The van der Waals surface area contributed by atoms with Gasteiger partial charge in [-0.05, 0) is 25.3 Å². The zero-order valence-corrected chi connectivity index (χ0v) is 12.2. The third-order valence-electron chi connectivity index (χ3n) is 3.36. The molecule has 0 saturated heterocycles. The number of nitrogens with one attached hydrogen (secondary N) is 2. The van der Waals surface area contributed by atoms with Crippen LogP contribution in [0.1, 0.15) is 36.3 Å². The van der Waals surface area contributed by atoms with Crippen LogP contribution >= 0.6 is 0 Å². The summed E-state index contributed by atoms with van der Waals surface area (Å²) in [6.07, 6.45) is 0.192. The van der Waals surface area contributed by atoms with Crippen LogP contribution in [0.5, 0.6) is 0 Å². The smallest absolute Gasteiger partial charge is 0.253 e. The number of H-pyrrole nitrogens is 1. The number of aryl methyl sites for hydroxylation is 1. The lowest BCUT2D eigenvalue weighted by atomic mass is 10.1. The Morgan fingerprint density at radius 2 is 2.05 bits per heavy atom. The van der Waals surface area contributed by atoms with Gasteiger partial charge in [-0.1, -0.05) is 32.0 Å². The highest BCUT2D eigenvalue weighted by Crippen LogP contribution is 2.21. The number of benzene rings is 1. The predicted molar refractivity (Wildman–Crippen MR) is 80.8 cm³/mol. The highest BCUT2D eigenvalue weighted by Gasteiger charge is 2.16. The average Bonchev–Trinajstić information content (AvgIpc) is 2.71. The molecule has 2 aromatic rings. The van der Waals surface area contributed by atoms with Crippen molar-refractivity contribution in [2.24, 2.45) is 5.92 Å². The minimum absolute atomic E-state index is 0.136. The third kappa shape index (κ3) is 3.20. The van der Waals surface area contributed by atoms with Gasteiger partial charge in [0.2, 0.25) is 0 Å². The number of amides is 1. The van der Waals surface area contributed by atoms with E-state index < -0.39 is 6.10 Å². The number of aromatic amines is 1. The fraction of sp³-hybridized carbons (Fsp3) is 0.438. The van der Waals surface area contributed by atoms with E-state index in [1.54, 1.807) is 0 Å². The summed E-state index contributed by atoms with van der Waals surface area (Å²) in [7, 11) is 0. The molecule has 20 heavy (non-hydrogen) atoms. The summed E-state index contributed by atoms with van der Waals surface area (Å²) in [5, 5.41) is 13.6. The van der Waals surface area contributed by atoms with Crippen LogP contribution in [0.2, 0.25) is 0 Å². The average molecular weight is 274 g/mol. The Kier molecular flexibility index (Phi) is 4.45. The molecule has 0 radical (unpaired) electrons. The highest BCUT2D eigenvalue weighted by atomic mass is 16.3. The molecule has 1 aromatic carbocycles. The largest absolute Gasteiger partial charge is 0.391 e. The fourth-order valence-electron chi connectivity index (χ4n) is 2.50. The fourth-order valence-corrected chi connectivity index (χ4v) is 2.50.